The summed E-state index contributed by atoms with van der Waals surface area (Å²) in [4.78, 5) is 24.0. The summed E-state index contributed by atoms with van der Waals surface area (Å²) < 4.78 is 29.8. The molecule has 10 heteroatoms. The van der Waals surface area contributed by atoms with Crippen LogP contribution >= 0.6 is 0 Å². The Morgan fingerprint density at radius 1 is 1.00 bits per heavy atom. The number of hydrogen-bond acceptors (Lipinski definition) is 6. The van der Waals surface area contributed by atoms with Crippen LogP contribution in [-0.4, -0.2) is 31.6 Å². The van der Waals surface area contributed by atoms with E-state index in [0.29, 0.717) is 17.0 Å². The summed E-state index contributed by atoms with van der Waals surface area (Å²) in [5, 5.41) is 3.69. The molecular formula is C20H18N4O5S. The number of carbonyl (C=O) groups is 2. The molecule has 3 rings (SSSR count). The van der Waals surface area contributed by atoms with Gasteiger partial charge < -0.3 is 4.52 Å². The Labute approximate surface area is 172 Å². The summed E-state index contributed by atoms with van der Waals surface area (Å²) in [5.41, 5.74) is 6.36. The minimum absolute atomic E-state index is 0.0205. The highest BCUT2D eigenvalue weighted by molar-refractivity contribution is 7.92. The lowest BCUT2D eigenvalue weighted by Gasteiger charge is -2.04. The number of nitrogens with zero attached hydrogens (tertiary/aromatic N) is 1. The largest absolute Gasteiger partial charge is 0.355 e. The van der Waals surface area contributed by atoms with E-state index in [9.17, 15) is 18.0 Å². The number of benzene rings is 2. The monoisotopic (exact) mass is 426 g/mol. The van der Waals surface area contributed by atoms with E-state index in [1.165, 1.54) is 18.2 Å². The zero-order valence-corrected chi connectivity index (χ0v) is 16.6. The van der Waals surface area contributed by atoms with Gasteiger partial charge in [-0.2, -0.15) is 0 Å². The first-order chi connectivity index (χ1) is 14.3. The maximum Gasteiger partial charge on any atom is 0.291 e. The van der Waals surface area contributed by atoms with Crippen LogP contribution in [0.5, 0.6) is 0 Å². The van der Waals surface area contributed by atoms with E-state index in [1.807, 2.05) is 30.3 Å². The van der Waals surface area contributed by atoms with Gasteiger partial charge in [-0.1, -0.05) is 47.6 Å². The summed E-state index contributed by atoms with van der Waals surface area (Å²) in [6.45, 7) is 0. The van der Waals surface area contributed by atoms with Gasteiger partial charge in [-0.05, 0) is 23.8 Å². The van der Waals surface area contributed by atoms with Crippen molar-refractivity contribution < 1.29 is 22.5 Å². The van der Waals surface area contributed by atoms with E-state index in [-0.39, 0.29) is 5.69 Å². The molecule has 3 N–H and O–H groups in total. The minimum atomic E-state index is -3.35. The molecule has 0 aliphatic carbocycles. The fraction of sp³-hybridized carbons (Fsp3) is 0.0500. The molecule has 1 aromatic heterocycles. The van der Waals surface area contributed by atoms with Gasteiger partial charge in [0.15, 0.2) is 11.5 Å². The predicted octanol–water partition coefficient (Wildman–Crippen LogP) is 2.19. The van der Waals surface area contributed by atoms with Crippen molar-refractivity contribution in [1.82, 2.24) is 16.0 Å². The van der Waals surface area contributed by atoms with E-state index < -0.39 is 21.8 Å². The first-order valence-corrected chi connectivity index (χ1v) is 10.6. The average Bonchev–Trinajstić information content (AvgIpc) is 3.21. The molecule has 1 heterocycles. The Hall–Kier alpha value is -3.92. The van der Waals surface area contributed by atoms with Gasteiger partial charge in [0, 0.05) is 23.4 Å². The predicted molar refractivity (Wildman–Crippen MR) is 111 cm³/mol. The molecular weight excluding hydrogens is 408 g/mol. The smallest absolute Gasteiger partial charge is 0.291 e. The summed E-state index contributed by atoms with van der Waals surface area (Å²) in [5.74, 6) is -0.756. The minimum Gasteiger partial charge on any atom is -0.355 e. The van der Waals surface area contributed by atoms with Crippen molar-refractivity contribution in [1.29, 1.82) is 0 Å². The maximum absolute atomic E-state index is 12.1. The van der Waals surface area contributed by atoms with Gasteiger partial charge in [-0.15, -0.1) is 0 Å². The Kier molecular flexibility index (Phi) is 6.28. The summed E-state index contributed by atoms with van der Waals surface area (Å²) in [7, 11) is -3.35. The quantitative estimate of drug-likeness (QED) is 0.409. The molecule has 0 radical (unpaired) electrons. The number of nitrogens with one attached hydrogen (secondary N) is 3. The van der Waals surface area contributed by atoms with Crippen LogP contribution in [0.2, 0.25) is 0 Å². The Morgan fingerprint density at radius 3 is 2.37 bits per heavy atom. The lowest BCUT2D eigenvalue weighted by atomic mass is 10.1. The van der Waals surface area contributed by atoms with Gasteiger partial charge in [0.25, 0.3) is 11.8 Å². The van der Waals surface area contributed by atoms with Crippen molar-refractivity contribution in [2.45, 2.75) is 0 Å². The SMILES string of the molecule is CS(=O)(=O)Nc1ccc(/C=C/C(=O)NNC(=O)c2cc(-c3ccccc3)on2)cc1. The van der Waals surface area contributed by atoms with Gasteiger partial charge in [-0.25, -0.2) is 8.42 Å². The highest BCUT2D eigenvalue weighted by Gasteiger charge is 2.13. The number of rotatable bonds is 6. The highest BCUT2D eigenvalue weighted by atomic mass is 32.2. The zero-order valence-electron chi connectivity index (χ0n) is 15.8. The fourth-order valence-electron chi connectivity index (χ4n) is 2.39. The van der Waals surface area contributed by atoms with Gasteiger partial charge in [0.1, 0.15) is 0 Å². The molecule has 2 amide bonds. The molecule has 3 aromatic rings. The summed E-state index contributed by atoms with van der Waals surface area (Å²) in [6.07, 6.45) is 3.79. The molecule has 0 fully saturated rings. The number of aromatic nitrogens is 1. The molecule has 30 heavy (non-hydrogen) atoms. The second-order valence-corrected chi connectivity index (χ2v) is 7.96. The molecule has 0 saturated heterocycles. The molecule has 0 aliphatic heterocycles. The lowest BCUT2D eigenvalue weighted by molar-refractivity contribution is -0.117. The molecule has 0 spiro atoms. The standard InChI is InChI=1S/C20H18N4O5S/c1-30(27,28)24-16-10-7-14(8-11-16)9-12-19(25)21-22-20(26)17-13-18(29-23-17)15-5-3-2-4-6-15/h2-13,24H,1H3,(H,21,25)(H,22,26)/b12-9+. The van der Waals surface area contributed by atoms with E-state index in [2.05, 4.69) is 20.7 Å². The van der Waals surface area contributed by atoms with E-state index >= 15 is 0 Å². The normalized spacial score (nSPS) is 11.2. The zero-order chi connectivity index (χ0) is 21.6. The molecule has 0 unspecified atom stereocenters. The van der Waals surface area contributed by atoms with Crippen LogP contribution in [0.4, 0.5) is 5.69 Å². The van der Waals surface area contributed by atoms with Crippen molar-refractivity contribution in [3.63, 3.8) is 0 Å². The molecule has 9 nitrogen and oxygen atoms in total. The van der Waals surface area contributed by atoms with Gasteiger partial charge in [0.05, 0.1) is 6.26 Å². The van der Waals surface area contributed by atoms with E-state index in [0.717, 1.165) is 11.8 Å². The maximum atomic E-state index is 12.1. The topological polar surface area (TPSA) is 130 Å². The fourth-order valence-corrected chi connectivity index (χ4v) is 2.96. The number of hydrazine groups is 1. The van der Waals surface area contributed by atoms with Crippen LogP contribution in [0.25, 0.3) is 17.4 Å². The number of sulfonamides is 1. The van der Waals surface area contributed by atoms with Crippen LogP contribution < -0.4 is 15.6 Å². The van der Waals surface area contributed by atoms with Crippen molar-refractivity contribution in [3.8, 4) is 11.3 Å². The molecule has 2 aromatic carbocycles. The molecule has 0 bridgehead atoms. The van der Waals surface area contributed by atoms with Crippen LogP contribution in [0, 0.1) is 0 Å². The molecule has 0 saturated carbocycles. The van der Waals surface area contributed by atoms with Gasteiger partial charge in [-0.3, -0.25) is 25.2 Å². The van der Waals surface area contributed by atoms with Gasteiger partial charge >= 0.3 is 0 Å². The third-order valence-electron chi connectivity index (χ3n) is 3.74. The summed E-state index contributed by atoms with van der Waals surface area (Å²) in [6, 6.07) is 17.0. The van der Waals surface area contributed by atoms with E-state index in [4.69, 9.17) is 4.52 Å². The average molecular weight is 426 g/mol. The number of anilines is 1. The van der Waals surface area contributed by atoms with Crippen molar-refractivity contribution in [2.24, 2.45) is 0 Å². The van der Waals surface area contributed by atoms with Crippen molar-refractivity contribution in [2.75, 3.05) is 11.0 Å². The third kappa shape index (κ3) is 6.04. The Bertz CT molecular complexity index is 1170. The molecule has 0 aliphatic rings. The van der Waals surface area contributed by atoms with Crippen LogP contribution in [0.1, 0.15) is 16.1 Å². The summed E-state index contributed by atoms with van der Waals surface area (Å²) >= 11 is 0. The van der Waals surface area contributed by atoms with Crippen LogP contribution in [0.3, 0.4) is 0 Å². The third-order valence-corrected chi connectivity index (χ3v) is 4.35. The van der Waals surface area contributed by atoms with E-state index in [1.54, 1.807) is 24.3 Å². The van der Waals surface area contributed by atoms with Crippen LogP contribution in [-0.2, 0) is 14.8 Å². The number of amides is 2. The first-order valence-electron chi connectivity index (χ1n) is 8.68. The molecule has 0 atom stereocenters. The van der Waals surface area contributed by atoms with Crippen molar-refractivity contribution in [3.05, 3.63) is 78.0 Å². The highest BCUT2D eigenvalue weighted by Crippen LogP contribution is 2.19. The number of hydrogen-bond donors (Lipinski definition) is 3. The molecule has 154 valence electrons. The van der Waals surface area contributed by atoms with Crippen molar-refractivity contribution >= 4 is 33.6 Å². The lowest BCUT2D eigenvalue weighted by Crippen LogP contribution is -2.40. The second-order valence-electron chi connectivity index (χ2n) is 6.22. The van der Waals surface area contributed by atoms with Crippen LogP contribution in [0.15, 0.2) is 71.3 Å². The number of carbonyl (C=O) groups excluding carboxylic acids is 2. The Balaban J connectivity index is 1.52. The Morgan fingerprint density at radius 2 is 1.70 bits per heavy atom. The second kappa shape index (κ2) is 9.05. The first kappa shape index (κ1) is 20.8. The van der Waals surface area contributed by atoms with Gasteiger partial charge in [0.2, 0.25) is 10.0 Å².